The molecule has 0 spiro atoms. The normalized spacial score (nSPS) is 17.1. The molecule has 1 aliphatic rings. The van der Waals surface area contributed by atoms with E-state index in [1.165, 1.54) is 6.07 Å². The fourth-order valence-corrected chi connectivity index (χ4v) is 1.88. The van der Waals surface area contributed by atoms with Crippen molar-refractivity contribution in [3.63, 3.8) is 0 Å². The van der Waals surface area contributed by atoms with E-state index in [2.05, 4.69) is 5.32 Å². The van der Waals surface area contributed by atoms with Crippen molar-refractivity contribution >= 4 is 11.4 Å². The van der Waals surface area contributed by atoms with Gasteiger partial charge < -0.3 is 15.8 Å². The van der Waals surface area contributed by atoms with Gasteiger partial charge in [0.2, 0.25) is 0 Å². The minimum Gasteiger partial charge on any atom is -0.493 e. The van der Waals surface area contributed by atoms with Crippen LogP contribution in [0.4, 0.5) is 24.5 Å². The summed E-state index contributed by atoms with van der Waals surface area (Å²) in [6.07, 6.45) is -3.24. The Balaban J connectivity index is 2.14. The summed E-state index contributed by atoms with van der Waals surface area (Å²) >= 11 is 0. The molecule has 19 heavy (non-hydrogen) atoms. The molecule has 0 saturated heterocycles. The molecule has 1 saturated carbocycles. The summed E-state index contributed by atoms with van der Waals surface area (Å²) in [6.45, 7) is 2.46. The van der Waals surface area contributed by atoms with Gasteiger partial charge in [0, 0.05) is 23.5 Å². The van der Waals surface area contributed by atoms with Gasteiger partial charge in [-0.3, -0.25) is 0 Å². The second kappa shape index (κ2) is 4.83. The van der Waals surface area contributed by atoms with Gasteiger partial charge in [0.1, 0.15) is 11.3 Å². The highest BCUT2D eigenvalue weighted by Gasteiger charge is 2.63. The van der Waals surface area contributed by atoms with E-state index >= 15 is 0 Å². The molecule has 0 aromatic heterocycles. The first-order chi connectivity index (χ1) is 8.86. The number of halogens is 3. The Bertz CT molecular complexity index is 456. The van der Waals surface area contributed by atoms with E-state index < -0.39 is 11.7 Å². The Morgan fingerprint density at radius 2 is 2.00 bits per heavy atom. The van der Waals surface area contributed by atoms with Gasteiger partial charge in [0.15, 0.2) is 0 Å². The molecule has 0 unspecified atom stereocenters. The predicted octanol–water partition coefficient (Wildman–Crippen LogP) is 3.56. The number of hydrogen-bond donors (Lipinski definition) is 2. The smallest absolute Gasteiger partial charge is 0.411 e. The molecule has 3 nitrogen and oxygen atoms in total. The quantitative estimate of drug-likeness (QED) is 0.807. The zero-order chi connectivity index (χ0) is 14.1. The molecule has 1 aliphatic carbocycles. The fourth-order valence-electron chi connectivity index (χ4n) is 1.88. The summed E-state index contributed by atoms with van der Waals surface area (Å²) in [6, 6.07) is 4.65. The number of rotatable bonds is 5. The fraction of sp³-hybridized carbons (Fsp3) is 0.538. The highest BCUT2D eigenvalue weighted by Crippen LogP contribution is 2.51. The van der Waals surface area contributed by atoms with Crippen molar-refractivity contribution in [3.05, 3.63) is 18.2 Å². The van der Waals surface area contributed by atoms with Gasteiger partial charge in [-0.1, -0.05) is 6.92 Å². The molecule has 0 amide bonds. The lowest BCUT2D eigenvalue weighted by Crippen LogP contribution is -2.38. The van der Waals surface area contributed by atoms with E-state index in [9.17, 15) is 13.2 Å². The maximum atomic E-state index is 12.9. The average Bonchev–Trinajstić information content (AvgIpc) is 3.06. The molecule has 0 heterocycles. The van der Waals surface area contributed by atoms with Crippen molar-refractivity contribution < 1.29 is 17.9 Å². The number of hydrogen-bond acceptors (Lipinski definition) is 3. The minimum atomic E-state index is -4.25. The maximum absolute atomic E-state index is 12.9. The lowest BCUT2D eigenvalue weighted by molar-refractivity contribution is -0.151. The molecule has 2 rings (SSSR count). The first kappa shape index (κ1) is 13.8. The largest absolute Gasteiger partial charge is 0.493 e. The highest BCUT2D eigenvalue weighted by atomic mass is 19.4. The number of anilines is 2. The highest BCUT2D eigenvalue weighted by molar-refractivity contribution is 5.61. The maximum Gasteiger partial charge on any atom is 0.411 e. The predicted molar refractivity (Wildman–Crippen MR) is 68.3 cm³/mol. The minimum absolute atomic E-state index is 0.0937. The van der Waals surface area contributed by atoms with Crippen molar-refractivity contribution in [2.45, 2.75) is 37.9 Å². The average molecular weight is 274 g/mol. The van der Waals surface area contributed by atoms with Crippen LogP contribution in [0, 0.1) is 0 Å². The summed E-state index contributed by atoms with van der Waals surface area (Å²) in [4.78, 5) is 0. The molecule has 1 fully saturated rings. The molecule has 106 valence electrons. The number of ether oxygens (including phenoxy) is 1. The van der Waals surface area contributed by atoms with Gasteiger partial charge >= 0.3 is 6.18 Å². The van der Waals surface area contributed by atoms with Crippen molar-refractivity contribution in [1.82, 2.24) is 0 Å². The first-order valence-corrected chi connectivity index (χ1v) is 6.24. The summed E-state index contributed by atoms with van der Waals surface area (Å²) < 4.78 is 44.0. The van der Waals surface area contributed by atoms with Crippen LogP contribution in [0.15, 0.2) is 18.2 Å². The van der Waals surface area contributed by atoms with Crippen LogP contribution in [0.5, 0.6) is 5.75 Å². The molecular weight excluding hydrogens is 257 g/mol. The number of nitrogen functional groups attached to an aromatic ring is 1. The lowest BCUT2D eigenvalue weighted by Gasteiger charge is -2.22. The molecule has 6 heteroatoms. The van der Waals surface area contributed by atoms with Gasteiger partial charge in [-0.25, -0.2) is 0 Å². The van der Waals surface area contributed by atoms with Gasteiger partial charge in [0.25, 0.3) is 0 Å². The Morgan fingerprint density at radius 3 is 2.53 bits per heavy atom. The molecular formula is C13H17F3N2O. The third kappa shape index (κ3) is 3.05. The Labute approximate surface area is 109 Å². The van der Waals surface area contributed by atoms with Crippen LogP contribution >= 0.6 is 0 Å². The van der Waals surface area contributed by atoms with E-state index in [4.69, 9.17) is 10.5 Å². The Kier molecular flexibility index (Phi) is 3.52. The summed E-state index contributed by atoms with van der Waals surface area (Å²) in [5.74, 6) is 0.488. The standard InChI is InChI=1S/C13H17F3N2O/c1-2-5-19-11-7-9(17)6-10(8-11)18-12(3-4-12)13(14,15)16/h6-8,18H,2-5,17H2,1H3. The van der Waals surface area contributed by atoms with Gasteiger partial charge in [0.05, 0.1) is 6.61 Å². The van der Waals surface area contributed by atoms with Crippen LogP contribution in [0.3, 0.4) is 0 Å². The molecule has 0 bridgehead atoms. The molecule has 3 N–H and O–H groups in total. The van der Waals surface area contributed by atoms with Crippen LogP contribution in [0.1, 0.15) is 26.2 Å². The van der Waals surface area contributed by atoms with Crippen LogP contribution in [-0.4, -0.2) is 18.3 Å². The number of nitrogens with one attached hydrogen (secondary N) is 1. The van der Waals surface area contributed by atoms with Crippen LogP contribution in [-0.2, 0) is 0 Å². The van der Waals surface area contributed by atoms with Crippen molar-refractivity contribution in [1.29, 1.82) is 0 Å². The van der Waals surface area contributed by atoms with E-state index in [0.29, 0.717) is 23.7 Å². The van der Waals surface area contributed by atoms with Gasteiger partial charge in [-0.2, -0.15) is 13.2 Å². The molecule has 0 aliphatic heterocycles. The van der Waals surface area contributed by atoms with Crippen molar-refractivity contribution in [3.8, 4) is 5.75 Å². The number of benzene rings is 1. The molecule has 0 atom stereocenters. The zero-order valence-corrected chi connectivity index (χ0v) is 10.7. The third-order valence-corrected chi connectivity index (χ3v) is 3.08. The van der Waals surface area contributed by atoms with E-state index in [1.807, 2.05) is 6.92 Å². The van der Waals surface area contributed by atoms with Gasteiger partial charge in [-0.05, 0) is 25.3 Å². The summed E-state index contributed by atoms with van der Waals surface area (Å²) in [7, 11) is 0. The summed E-state index contributed by atoms with van der Waals surface area (Å²) in [5.41, 5.74) is 4.62. The van der Waals surface area contributed by atoms with Crippen LogP contribution in [0.2, 0.25) is 0 Å². The van der Waals surface area contributed by atoms with Crippen LogP contribution < -0.4 is 15.8 Å². The topological polar surface area (TPSA) is 47.3 Å². The van der Waals surface area contributed by atoms with Crippen molar-refractivity contribution in [2.75, 3.05) is 17.7 Å². The third-order valence-electron chi connectivity index (χ3n) is 3.08. The van der Waals surface area contributed by atoms with Gasteiger partial charge in [-0.15, -0.1) is 0 Å². The Morgan fingerprint density at radius 1 is 1.32 bits per heavy atom. The number of alkyl halides is 3. The molecule has 0 radical (unpaired) electrons. The molecule has 1 aromatic rings. The Hall–Kier alpha value is -1.59. The zero-order valence-electron chi connectivity index (χ0n) is 10.7. The second-order valence-electron chi connectivity index (χ2n) is 4.84. The monoisotopic (exact) mass is 274 g/mol. The van der Waals surface area contributed by atoms with E-state index in [1.54, 1.807) is 12.1 Å². The summed E-state index contributed by atoms with van der Waals surface area (Å²) in [5, 5.41) is 2.54. The van der Waals surface area contributed by atoms with E-state index in [-0.39, 0.29) is 12.8 Å². The van der Waals surface area contributed by atoms with Crippen LogP contribution in [0.25, 0.3) is 0 Å². The SMILES string of the molecule is CCCOc1cc(N)cc(NC2(C(F)(F)F)CC2)c1. The first-order valence-electron chi connectivity index (χ1n) is 6.24. The lowest BCUT2D eigenvalue weighted by atomic mass is 10.2. The van der Waals surface area contributed by atoms with Crippen molar-refractivity contribution in [2.24, 2.45) is 0 Å². The number of nitrogens with two attached hydrogens (primary N) is 1. The van der Waals surface area contributed by atoms with E-state index in [0.717, 1.165) is 6.42 Å². The molecule has 1 aromatic carbocycles. The second-order valence-corrected chi connectivity index (χ2v) is 4.84.